The van der Waals surface area contributed by atoms with E-state index in [0.717, 1.165) is 0 Å². The molecule has 0 unspecified atom stereocenters. The van der Waals surface area contributed by atoms with Crippen molar-refractivity contribution < 1.29 is 0 Å². The Morgan fingerprint density at radius 1 is 0.386 bits per heavy atom. The summed E-state index contributed by atoms with van der Waals surface area (Å²) < 4.78 is 0. The third-order valence-corrected chi connectivity index (χ3v) is 12.4. The molecule has 0 bridgehead atoms. The molecule has 0 saturated carbocycles. The molecule has 0 N–H and O–H groups in total. The fourth-order valence-corrected chi connectivity index (χ4v) is 9.44. The van der Waals surface area contributed by atoms with E-state index in [9.17, 15) is 0 Å². The highest BCUT2D eigenvalue weighted by molar-refractivity contribution is 5.89. The van der Waals surface area contributed by atoms with E-state index in [0.29, 0.717) is 0 Å². The smallest absolute Gasteiger partial charge is 0.0490 e. The summed E-state index contributed by atoms with van der Waals surface area (Å²) in [7, 11) is 0. The average Bonchev–Trinajstić information content (AvgIpc) is 3.50. The van der Waals surface area contributed by atoms with Crippen LogP contribution in [0.5, 0.6) is 0 Å². The van der Waals surface area contributed by atoms with Gasteiger partial charge in [0.2, 0.25) is 0 Å². The molecular formula is C55H64N2. The number of para-hydroxylation sites is 3. The van der Waals surface area contributed by atoms with Gasteiger partial charge in [-0.05, 0) is 127 Å². The van der Waals surface area contributed by atoms with E-state index in [1.807, 2.05) is 0 Å². The first-order chi connectivity index (χ1) is 28.0. The van der Waals surface area contributed by atoms with Gasteiger partial charge in [0.1, 0.15) is 0 Å². The summed E-state index contributed by atoms with van der Waals surface area (Å²) in [5.74, 6) is 0. The van der Waals surface area contributed by atoms with Crippen molar-refractivity contribution >= 4 is 34.1 Å². The fraction of sp³-hybridized carbons (Fsp3) is 0.345. The van der Waals surface area contributed by atoms with Crippen LogP contribution in [0.4, 0.5) is 34.1 Å². The predicted octanol–water partition coefficient (Wildman–Crippen LogP) is 17.0. The zero-order valence-electron chi connectivity index (χ0n) is 35.2. The summed E-state index contributed by atoms with van der Waals surface area (Å²) in [6.45, 7) is 9.08. The molecule has 1 aliphatic carbocycles. The molecule has 0 atom stereocenters. The summed E-state index contributed by atoms with van der Waals surface area (Å²) in [6, 6.07) is 54.6. The highest BCUT2D eigenvalue weighted by Crippen LogP contribution is 2.57. The maximum atomic E-state index is 2.60. The predicted molar refractivity (Wildman–Crippen MR) is 247 cm³/mol. The normalized spacial score (nSPS) is 12.6. The number of aryl methyl sites for hydroxylation is 2. The maximum absolute atomic E-state index is 2.60. The van der Waals surface area contributed by atoms with E-state index in [2.05, 4.69) is 183 Å². The third-order valence-electron chi connectivity index (χ3n) is 12.4. The largest absolute Gasteiger partial charge is 0.310 e. The average molecular weight is 753 g/mol. The minimum absolute atomic E-state index is 0.0742. The molecule has 6 aromatic rings. The number of anilines is 6. The second-order valence-electron chi connectivity index (χ2n) is 16.5. The second-order valence-corrected chi connectivity index (χ2v) is 16.5. The Morgan fingerprint density at radius 2 is 0.842 bits per heavy atom. The lowest BCUT2D eigenvalue weighted by Crippen LogP contribution is -2.26. The molecular weight excluding hydrogens is 689 g/mol. The van der Waals surface area contributed by atoms with Crippen molar-refractivity contribution in [2.75, 3.05) is 9.80 Å². The van der Waals surface area contributed by atoms with E-state index >= 15 is 0 Å². The van der Waals surface area contributed by atoms with Crippen LogP contribution in [0, 0.1) is 13.8 Å². The molecule has 0 amide bonds. The van der Waals surface area contributed by atoms with E-state index < -0.39 is 0 Å². The fourth-order valence-electron chi connectivity index (χ4n) is 9.44. The standard InChI is InChI=1S/C55H64N2/c1-5-7-9-11-13-23-38-55(39-24-14-12-10-8-6-2)52-41-48(56(45-28-17-15-18-29-45)47-32-25-26-43(3)40-47)34-36-50(52)51-37-35-49(42-53(51)55)57(46-30-19-16-20-31-46)54-33-22-21-27-44(54)4/h15-22,25-37,40-42H,5-14,23-24,38-39H2,1-4H3. The first-order valence-electron chi connectivity index (χ1n) is 22.2. The highest BCUT2D eigenvalue weighted by Gasteiger charge is 2.43. The van der Waals surface area contributed by atoms with Gasteiger partial charge in [0.05, 0.1) is 0 Å². The summed E-state index contributed by atoms with van der Waals surface area (Å²) in [5.41, 5.74) is 15.6. The van der Waals surface area contributed by atoms with Gasteiger partial charge in [0, 0.05) is 39.5 Å². The first kappa shape index (κ1) is 40.1. The van der Waals surface area contributed by atoms with Crippen LogP contribution in [0.2, 0.25) is 0 Å². The van der Waals surface area contributed by atoms with Gasteiger partial charge >= 0.3 is 0 Å². The van der Waals surface area contributed by atoms with Gasteiger partial charge in [-0.2, -0.15) is 0 Å². The molecule has 0 saturated heterocycles. The van der Waals surface area contributed by atoms with Gasteiger partial charge in [-0.3, -0.25) is 0 Å². The monoisotopic (exact) mass is 753 g/mol. The van der Waals surface area contributed by atoms with E-state index in [1.54, 1.807) is 0 Å². The number of hydrogen-bond acceptors (Lipinski definition) is 2. The zero-order chi connectivity index (χ0) is 39.5. The third kappa shape index (κ3) is 9.07. The first-order valence-corrected chi connectivity index (χ1v) is 22.2. The number of benzene rings is 6. The molecule has 0 radical (unpaired) electrons. The van der Waals surface area contributed by atoms with Gasteiger partial charge in [-0.15, -0.1) is 0 Å². The van der Waals surface area contributed by atoms with Crippen LogP contribution < -0.4 is 9.80 Å². The lowest BCUT2D eigenvalue weighted by Gasteiger charge is -2.35. The summed E-state index contributed by atoms with van der Waals surface area (Å²) in [5, 5.41) is 0. The molecule has 0 aliphatic heterocycles. The van der Waals surface area contributed by atoms with Crippen LogP contribution in [-0.2, 0) is 5.41 Å². The molecule has 6 aromatic carbocycles. The Labute approximate surface area is 344 Å². The van der Waals surface area contributed by atoms with Gasteiger partial charge < -0.3 is 9.80 Å². The number of hydrogen-bond donors (Lipinski definition) is 0. The molecule has 1 aliphatic rings. The molecule has 294 valence electrons. The molecule has 0 spiro atoms. The van der Waals surface area contributed by atoms with Gasteiger partial charge in [0.25, 0.3) is 0 Å². The number of unbranched alkanes of at least 4 members (excludes halogenated alkanes) is 10. The molecule has 7 rings (SSSR count). The summed E-state index contributed by atoms with van der Waals surface area (Å²) >= 11 is 0. The Kier molecular flexibility index (Phi) is 13.6. The Balaban J connectivity index is 1.39. The minimum atomic E-state index is -0.0742. The molecule has 0 heterocycles. The lowest BCUT2D eigenvalue weighted by atomic mass is 9.70. The maximum Gasteiger partial charge on any atom is 0.0490 e. The minimum Gasteiger partial charge on any atom is -0.310 e. The van der Waals surface area contributed by atoms with Crippen molar-refractivity contribution in [2.24, 2.45) is 0 Å². The van der Waals surface area contributed by atoms with Crippen molar-refractivity contribution in [3.63, 3.8) is 0 Å². The van der Waals surface area contributed by atoms with Gasteiger partial charge in [-0.25, -0.2) is 0 Å². The van der Waals surface area contributed by atoms with Crippen molar-refractivity contribution in [2.45, 2.75) is 123 Å². The summed E-state index contributed by atoms with van der Waals surface area (Å²) in [6.07, 6.45) is 18.0. The van der Waals surface area contributed by atoms with Crippen LogP contribution in [0.25, 0.3) is 11.1 Å². The van der Waals surface area contributed by atoms with E-state index in [4.69, 9.17) is 0 Å². The van der Waals surface area contributed by atoms with Crippen molar-refractivity contribution in [1.29, 1.82) is 0 Å². The second kappa shape index (κ2) is 19.4. The molecule has 57 heavy (non-hydrogen) atoms. The SMILES string of the molecule is CCCCCCCCC1(CCCCCCCC)c2cc(N(c3ccccc3)c3cccc(C)c3)ccc2-c2ccc(N(c3ccccc3)c3ccccc3C)cc21. The Hall–Kier alpha value is -5.08. The van der Waals surface area contributed by atoms with Crippen LogP contribution in [0.3, 0.4) is 0 Å². The van der Waals surface area contributed by atoms with Crippen molar-refractivity contribution in [1.82, 2.24) is 0 Å². The van der Waals surface area contributed by atoms with Gasteiger partial charge in [-0.1, -0.05) is 170 Å². The van der Waals surface area contributed by atoms with Crippen molar-refractivity contribution in [3.8, 4) is 11.1 Å². The zero-order valence-corrected chi connectivity index (χ0v) is 35.2. The Morgan fingerprint density at radius 3 is 1.39 bits per heavy atom. The number of rotatable bonds is 20. The topological polar surface area (TPSA) is 6.48 Å². The lowest BCUT2D eigenvalue weighted by molar-refractivity contribution is 0.398. The molecule has 2 nitrogen and oxygen atoms in total. The number of fused-ring (bicyclic) bond motifs is 3. The van der Waals surface area contributed by atoms with Crippen molar-refractivity contribution in [3.05, 3.63) is 168 Å². The van der Waals surface area contributed by atoms with Crippen LogP contribution in [0.15, 0.2) is 146 Å². The van der Waals surface area contributed by atoms with Gasteiger partial charge in [0.15, 0.2) is 0 Å². The Bertz CT molecular complexity index is 2150. The highest BCUT2D eigenvalue weighted by atomic mass is 15.1. The molecule has 0 fully saturated rings. The van der Waals surface area contributed by atoms with E-state index in [1.165, 1.54) is 157 Å². The van der Waals surface area contributed by atoms with Crippen LogP contribution in [-0.4, -0.2) is 0 Å². The summed E-state index contributed by atoms with van der Waals surface area (Å²) in [4.78, 5) is 4.95. The quantitative estimate of drug-likeness (QED) is 0.0717. The molecule has 2 heteroatoms. The van der Waals surface area contributed by atoms with Crippen LogP contribution in [0.1, 0.15) is 126 Å². The van der Waals surface area contributed by atoms with Crippen LogP contribution >= 0.6 is 0 Å². The number of nitrogens with zero attached hydrogens (tertiary/aromatic N) is 2. The van der Waals surface area contributed by atoms with E-state index in [-0.39, 0.29) is 5.41 Å². The molecule has 0 aromatic heterocycles.